The van der Waals surface area contributed by atoms with Gasteiger partial charge >= 0.3 is 0 Å². The summed E-state index contributed by atoms with van der Waals surface area (Å²) in [5.41, 5.74) is 0. The van der Waals surface area contributed by atoms with E-state index < -0.39 is 0 Å². The summed E-state index contributed by atoms with van der Waals surface area (Å²) in [4.78, 5) is 14.2. The van der Waals surface area contributed by atoms with Gasteiger partial charge < -0.3 is 10.6 Å². The van der Waals surface area contributed by atoms with E-state index in [1.165, 1.54) is 19.3 Å². The summed E-state index contributed by atoms with van der Waals surface area (Å²) < 4.78 is 0. The SMILES string of the molecule is CCCCCC(C)NC(=O)CN1CC(C)NC(C)C1. The Kier molecular flexibility index (Phi) is 7.39. The Morgan fingerprint density at radius 3 is 2.53 bits per heavy atom. The standard InChI is InChI=1S/C15H31N3O/c1-5-6-7-8-12(2)17-15(19)11-18-9-13(3)16-14(4)10-18/h12-14,16H,5-11H2,1-4H3,(H,17,19). The third kappa shape index (κ3) is 6.92. The van der Waals surface area contributed by atoms with Crippen LogP contribution in [0.25, 0.3) is 0 Å². The number of nitrogens with zero attached hydrogens (tertiary/aromatic N) is 1. The third-order valence-electron chi connectivity index (χ3n) is 3.65. The maximum atomic E-state index is 12.0. The van der Waals surface area contributed by atoms with Gasteiger partial charge in [-0.3, -0.25) is 9.69 Å². The summed E-state index contributed by atoms with van der Waals surface area (Å²) in [5, 5.41) is 6.60. The normalized spacial score (nSPS) is 26.1. The molecule has 0 aromatic heterocycles. The van der Waals surface area contributed by atoms with Crippen molar-refractivity contribution in [3.63, 3.8) is 0 Å². The number of piperazine rings is 1. The number of rotatable bonds is 7. The van der Waals surface area contributed by atoms with Crippen molar-refractivity contribution in [3.8, 4) is 0 Å². The number of nitrogens with one attached hydrogen (secondary N) is 2. The molecule has 0 saturated carbocycles. The Labute approximate surface area is 118 Å². The second-order valence-corrected chi connectivity index (χ2v) is 6.13. The molecule has 2 N–H and O–H groups in total. The molecular weight excluding hydrogens is 238 g/mol. The van der Waals surface area contributed by atoms with Gasteiger partial charge in [0.25, 0.3) is 0 Å². The van der Waals surface area contributed by atoms with Crippen molar-refractivity contribution >= 4 is 5.91 Å². The molecule has 0 aromatic rings. The van der Waals surface area contributed by atoms with Crippen LogP contribution in [0.3, 0.4) is 0 Å². The van der Waals surface area contributed by atoms with Gasteiger partial charge in [-0.1, -0.05) is 26.2 Å². The number of hydrogen-bond acceptors (Lipinski definition) is 3. The summed E-state index contributed by atoms with van der Waals surface area (Å²) in [6, 6.07) is 1.24. The molecule has 1 aliphatic heterocycles. The van der Waals surface area contributed by atoms with Crippen molar-refractivity contribution < 1.29 is 4.79 Å². The lowest BCUT2D eigenvalue weighted by Gasteiger charge is -2.35. The van der Waals surface area contributed by atoms with Crippen molar-refractivity contribution in [1.82, 2.24) is 15.5 Å². The van der Waals surface area contributed by atoms with Crippen molar-refractivity contribution in [1.29, 1.82) is 0 Å². The van der Waals surface area contributed by atoms with E-state index in [2.05, 4.69) is 43.2 Å². The minimum atomic E-state index is 0.172. The first-order valence-corrected chi connectivity index (χ1v) is 7.79. The molecule has 4 nitrogen and oxygen atoms in total. The Morgan fingerprint density at radius 2 is 1.95 bits per heavy atom. The molecule has 112 valence electrons. The Hall–Kier alpha value is -0.610. The smallest absolute Gasteiger partial charge is 0.234 e. The number of hydrogen-bond donors (Lipinski definition) is 2. The first-order valence-electron chi connectivity index (χ1n) is 7.79. The van der Waals surface area contributed by atoms with Gasteiger partial charge in [0.1, 0.15) is 0 Å². The molecule has 1 rings (SSSR count). The highest BCUT2D eigenvalue weighted by Crippen LogP contribution is 2.05. The van der Waals surface area contributed by atoms with Crippen molar-refractivity contribution in [2.45, 2.75) is 71.5 Å². The van der Waals surface area contributed by atoms with E-state index in [0.29, 0.717) is 24.7 Å². The van der Waals surface area contributed by atoms with E-state index in [0.717, 1.165) is 19.5 Å². The second kappa shape index (κ2) is 8.54. The fourth-order valence-corrected chi connectivity index (χ4v) is 2.87. The predicted octanol–water partition coefficient (Wildman–Crippen LogP) is 1.75. The molecule has 1 aliphatic rings. The highest BCUT2D eigenvalue weighted by molar-refractivity contribution is 5.78. The van der Waals surface area contributed by atoms with Gasteiger partial charge in [-0.05, 0) is 27.2 Å². The molecule has 19 heavy (non-hydrogen) atoms. The van der Waals surface area contributed by atoms with Crippen LogP contribution in [0.2, 0.25) is 0 Å². The van der Waals surface area contributed by atoms with Crippen LogP contribution in [0.15, 0.2) is 0 Å². The predicted molar refractivity (Wildman–Crippen MR) is 80.2 cm³/mol. The zero-order valence-electron chi connectivity index (χ0n) is 13.0. The van der Waals surface area contributed by atoms with E-state index in [1.807, 2.05) is 0 Å². The van der Waals surface area contributed by atoms with E-state index in [-0.39, 0.29) is 5.91 Å². The van der Waals surface area contributed by atoms with Gasteiger partial charge in [0.15, 0.2) is 0 Å². The highest BCUT2D eigenvalue weighted by Gasteiger charge is 2.22. The van der Waals surface area contributed by atoms with Gasteiger partial charge in [-0.15, -0.1) is 0 Å². The molecule has 0 aromatic carbocycles. The second-order valence-electron chi connectivity index (χ2n) is 6.13. The highest BCUT2D eigenvalue weighted by atomic mass is 16.2. The van der Waals surface area contributed by atoms with Crippen LogP contribution in [0.5, 0.6) is 0 Å². The molecule has 0 radical (unpaired) electrons. The molecule has 0 aliphatic carbocycles. The average Bonchev–Trinajstić information content (AvgIpc) is 2.27. The maximum absolute atomic E-state index is 12.0. The van der Waals surface area contributed by atoms with E-state index in [9.17, 15) is 4.79 Å². The lowest BCUT2D eigenvalue weighted by Crippen LogP contribution is -2.56. The van der Waals surface area contributed by atoms with Crippen LogP contribution < -0.4 is 10.6 Å². The minimum absolute atomic E-state index is 0.172. The molecule has 1 fully saturated rings. The average molecular weight is 269 g/mol. The topological polar surface area (TPSA) is 44.4 Å². The summed E-state index contributed by atoms with van der Waals surface area (Å²) in [5.74, 6) is 0.172. The number of unbranched alkanes of at least 4 members (excludes halogenated alkanes) is 2. The Morgan fingerprint density at radius 1 is 1.32 bits per heavy atom. The summed E-state index contributed by atoms with van der Waals surface area (Å²) >= 11 is 0. The fraction of sp³-hybridized carbons (Fsp3) is 0.933. The molecule has 3 unspecified atom stereocenters. The fourth-order valence-electron chi connectivity index (χ4n) is 2.87. The Balaban J connectivity index is 2.22. The summed E-state index contributed by atoms with van der Waals surface area (Å²) in [6.07, 6.45) is 4.79. The molecule has 4 heteroatoms. The van der Waals surface area contributed by atoms with Crippen LogP contribution >= 0.6 is 0 Å². The summed E-state index contributed by atoms with van der Waals surface area (Å²) in [6.45, 7) is 11.1. The van der Waals surface area contributed by atoms with Gasteiger partial charge in [-0.2, -0.15) is 0 Å². The van der Waals surface area contributed by atoms with Crippen molar-refractivity contribution in [2.24, 2.45) is 0 Å². The van der Waals surface area contributed by atoms with Crippen LogP contribution in [0.1, 0.15) is 53.4 Å². The van der Waals surface area contributed by atoms with Crippen LogP contribution in [-0.2, 0) is 4.79 Å². The number of amides is 1. The molecule has 1 saturated heterocycles. The molecule has 0 bridgehead atoms. The maximum Gasteiger partial charge on any atom is 0.234 e. The van der Waals surface area contributed by atoms with Gasteiger partial charge in [0.05, 0.1) is 6.54 Å². The number of carbonyl (C=O) groups is 1. The molecule has 0 spiro atoms. The zero-order chi connectivity index (χ0) is 14.3. The van der Waals surface area contributed by atoms with Crippen LogP contribution in [0.4, 0.5) is 0 Å². The molecule has 1 amide bonds. The van der Waals surface area contributed by atoms with Crippen LogP contribution in [-0.4, -0.2) is 48.6 Å². The molecular formula is C15H31N3O. The largest absolute Gasteiger partial charge is 0.353 e. The van der Waals surface area contributed by atoms with Crippen molar-refractivity contribution in [3.05, 3.63) is 0 Å². The van der Waals surface area contributed by atoms with Gasteiger partial charge in [0, 0.05) is 31.2 Å². The summed E-state index contributed by atoms with van der Waals surface area (Å²) in [7, 11) is 0. The van der Waals surface area contributed by atoms with Gasteiger partial charge in [0.2, 0.25) is 5.91 Å². The monoisotopic (exact) mass is 269 g/mol. The quantitative estimate of drug-likeness (QED) is 0.692. The lowest BCUT2D eigenvalue weighted by atomic mass is 10.1. The molecule has 3 atom stereocenters. The first-order chi connectivity index (χ1) is 9.01. The number of carbonyl (C=O) groups excluding carboxylic acids is 1. The lowest BCUT2D eigenvalue weighted by molar-refractivity contribution is -0.123. The first kappa shape index (κ1) is 16.4. The van der Waals surface area contributed by atoms with Gasteiger partial charge in [-0.25, -0.2) is 0 Å². The van der Waals surface area contributed by atoms with Crippen LogP contribution in [0, 0.1) is 0 Å². The third-order valence-corrected chi connectivity index (χ3v) is 3.65. The minimum Gasteiger partial charge on any atom is -0.353 e. The Bertz CT molecular complexity index is 260. The zero-order valence-corrected chi connectivity index (χ0v) is 13.0. The van der Waals surface area contributed by atoms with Crippen molar-refractivity contribution in [2.75, 3.05) is 19.6 Å². The van der Waals surface area contributed by atoms with E-state index in [4.69, 9.17) is 0 Å². The van der Waals surface area contributed by atoms with E-state index in [1.54, 1.807) is 0 Å². The van der Waals surface area contributed by atoms with E-state index >= 15 is 0 Å². The molecule has 1 heterocycles.